The van der Waals surface area contributed by atoms with Gasteiger partial charge in [0.1, 0.15) is 4.83 Å². The van der Waals surface area contributed by atoms with Gasteiger partial charge >= 0.3 is 5.97 Å². The quantitative estimate of drug-likeness (QED) is 0.567. The van der Waals surface area contributed by atoms with Crippen LogP contribution in [0.4, 0.5) is 0 Å². The number of rotatable bonds is 5. The molecule has 0 aromatic heterocycles. The summed E-state index contributed by atoms with van der Waals surface area (Å²) < 4.78 is 4.71. The molecule has 5 heteroatoms. The first-order valence-electron chi connectivity index (χ1n) is 6.23. The van der Waals surface area contributed by atoms with Crippen molar-refractivity contribution in [2.75, 3.05) is 40.3 Å². The van der Waals surface area contributed by atoms with E-state index in [0.717, 1.165) is 19.6 Å². The second-order valence-electron chi connectivity index (χ2n) is 4.60. The monoisotopic (exact) mass is 306 g/mol. The lowest BCUT2D eigenvalue weighted by atomic mass is 10.0. The van der Waals surface area contributed by atoms with Crippen LogP contribution >= 0.6 is 15.9 Å². The highest BCUT2D eigenvalue weighted by molar-refractivity contribution is 9.10. The Balaban J connectivity index is 2.33. The number of hydrogen-bond acceptors (Lipinski definition) is 4. The smallest absolute Gasteiger partial charge is 0.320 e. The number of likely N-dealkylation sites (tertiary alicyclic amines) is 1. The predicted molar refractivity (Wildman–Crippen MR) is 72.5 cm³/mol. The third kappa shape index (κ3) is 4.56. The third-order valence-electron chi connectivity index (χ3n) is 3.53. The molecule has 1 aliphatic heterocycles. The van der Waals surface area contributed by atoms with Gasteiger partial charge in [-0.05, 0) is 39.5 Å². The fourth-order valence-corrected chi connectivity index (χ4v) is 2.92. The Bertz CT molecular complexity index is 243. The maximum absolute atomic E-state index is 11.3. The zero-order valence-electron chi connectivity index (χ0n) is 11.0. The number of carbonyl (C=O) groups is 1. The molecule has 0 aromatic rings. The number of halogens is 1. The van der Waals surface area contributed by atoms with Gasteiger partial charge in [-0.25, -0.2) is 0 Å². The number of esters is 1. The van der Waals surface area contributed by atoms with Gasteiger partial charge in [0, 0.05) is 12.6 Å². The van der Waals surface area contributed by atoms with Gasteiger partial charge in [0.25, 0.3) is 0 Å². The summed E-state index contributed by atoms with van der Waals surface area (Å²) in [5.41, 5.74) is 0. The maximum atomic E-state index is 11.3. The molecule has 0 bridgehead atoms. The van der Waals surface area contributed by atoms with Gasteiger partial charge in [-0.3, -0.25) is 4.79 Å². The van der Waals surface area contributed by atoms with Gasteiger partial charge in [0.15, 0.2) is 0 Å². The Labute approximate surface area is 112 Å². The molecule has 1 unspecified atom stereocenters. The van der Waals surface area contributed by atoms with Crippen molar-refractivity contribution in [3.8, 4) is 0 Å². The summed E-state index contributed by atoms with van der Waals surface area (Å²) in [6, 6.07) is 0.586. The Morgan fingerprint density at radius 1 is 1.53 bits per heavy atom. The van der Waals surface area contributed by atoms with Crippen LogP contribution in [0.5, 0.6) is 0 Å². The number of piperidine rings is 1. The molecule has 100 valence electrons. The van der Waals surface area contributed by atoms with Crippen molar-refractivity contribution in [2.24, 2.45) is 0 Å². The second kappa shape index (κ2) is 7.34. The van der Waals surface area contributed by atoms with Crippen molar-refractivity contribution in [3.05, 3.63) is 0 Å². The fraction of sp³-hybridized carbons (Fsp3) is 0.917. The minimum Gasteiger partial charge on any atom is -0.468 e. The fourth-order valence-electron chi connectivity index (χ4n) is 2.28. The molecular weight excluding hydrogens is 284 g/mol. The van der Waals surface area contributed by atoms with Crippen LogP contribution in [0.15, 0.2) is 0 Å². The molecule has 0 aliphatic carbocycles. The molecule has 0 N–H and O–H groups in total. The summed E-state index contributed by atoms with van der Waals surface area (Å²) in [7, 11) is 3.51. The van der Waals surface area contributed by atoms with Crippen LogP contribution in [0.25, 0.3) is 0 Å². The molecule has 1 fully saturated rings. The molecule has 0 aromatic carbocycles. The predicted octanol–water partition coefficient (Wildman–Crippen LogP) is 1.34. The standard InChI is InChI=1S/C12H23BrN2O2/c1-4-15-7-5-10(6-8-15)14(2)9-11(13)12(16)17-3/h10-11H,4-9H2,1-3H3. The van der Waals surface area contributed by atoms with E-state index in [9.17, 15) is 4.79 Å². The van der Waals surface area contributed by atoms with Crippen LogP contribution < -0.4 is 0 Å². The van der Waals surface area contributed by atoms with Crippen molar-refractivity contribution >= 4 is 21.9 Å². The highest BCUT2D eigenvalue weighted by Crippen LogP contribution is 2.16. The van der Waals surface area contributed by atoms with Crippen molar-refractivity contribution in [1.82, 2.24) is 9.80 Å². The zero-order valence-corrected chi connectivity index (χ0v) is 12.6. The number of hydrogen-bond donors (Lipinski definition) is 0. The van der Waals surface area contributed by atoms with Crippen molar-refractivity contribution in [3.63, 3.8) is 0 Å². The lowest BCUT2D eigenvalue weighted by Crippen LogP contribution is -2.45. The van der Waals surface area contributed by atoms with Crippen LogP contribution in [0.1, 0.15) is 19.8 Å². The van der Waals surface area contributed by atoms with E-state index in [1.54, 1.807) is 0 Å². The number of alkyl halides is 1. The largest absolute Gasteiger partial charge is 0.468 e. The Morgan fingerprint density at radius 3 is 2.59 bits per heavy atom. The molecule has 0 spiro atoms. The van der Waals surface area contributed by atoms with Crippen LogP contribution in [0, 0.1) is 0 Å². The number of ether oxygens (including phenoxy) is 1. The van der Waals surface area contributed by atoms with Crippen LogP contribution in [0.3, 0.4) is 0 Å². The zero-order chi connectivity index (χ0) is 12.8. The molecule has 1 atom stereocenters. The highest BCUT2D eigenvalue weighted by atomic mass is 79.9. The third-order valence-corrected chi connectivity index (χ3v) is 4.20. The Hall–Kier alpha value is -0.130. The number of nitrogens with zero attached hydrogens (tertiary/aromatic N) is 2. The lowest BCUT2D eigenvalue weighted by molar-refractivity contribution is -0.140. The molecule has 0 saturated carbocycles. The molecule has 17 heavy (non-hydrogen) atoms. The van der Waals surface area contributed by atoms with Gasteiger partial charge in [0.05, 0.1) is 7.11 Å². The average Bonchev–Trinajstić information content (AvgIpc) is 2.37. The van der Waals surface area contributed by atoms with Gasteiger partial charge in [-0.15, -0.1) is 0 Å². The molecule has 1 rings (SSSR count). The van der Waals surface area contributed by atoms with Gasteiger partial charge in [0.2, 0.25) is 0 Å². The van der Waals surface area contributed by atoms with Crippen LogP contribution in [-0.2, 0) is 9.53 Å². The van der Waals surface area contributed by atoms with E-state index < -0.39 is 0 Å². The van der Waals surface area contributed by atoms with E-state index in [1.165, 1.54) is 20.0 Å². The average molecular weight is 307 g/mol. The molecule has 1 aliphatic rings. The first kappa shape index (κ1) is 14.9. The van der Waals surface area contributed by atoms with Crippen LogP contribution in [-0.4, -0.2) is 67.0 Å². The summed E-state index contributed by atoms with van der Waals surface area (Å²) in [5.74, 6) is -0.192. The topological polar surface area (TPSA) is 32.8 Å². The first-order chi connectivity index (χ1) is 8.08. The maximum Gasteiger partial charge on any atom is 0.320 e. The normalized spacial score (nSPS) is 20.5. The summed E-state index contributed by atoms with van der Waals surface area (Å²) in [4.78, 5) is 15.8. The van der Waals surface area contributed by atoms with E-state index in [1.807, 2.05) is 0 Å². The summed E-state index contributed by atoms with van der Waals surface area (Å²) >= 11 is 3.37. The first-order valence-corrected chi connectivity index (χ1v) is 7.14. The Morgan fingerprint density at radius 2 is 2.12 bits per heavy atom. The van der Waals surface area contributed by atoms with Crippen LogP contribution in [0.2, 0.25) is 0 Å². The Kier molecular flexibility index (Phi) is 6.44. The van der Waals surface area contributed by atoms with Gasteiger partial charge in [-0.2, -0.15) is 0 Å². The molecule has 0 amide bonds. The summed E-state index contributed by atoms with van der Waals surface area (Å²) in [6.07, 6.45) is 2.37. The molecule has 1 heterocycles. The van der Waals surface area contributed by atoms with E-state index in [0.29, 0.717) is 12.6 Å². The SMILES string of the molecule is CCN1CCC(N(C)CC(Br)C(=O)OC)CC1. The van der Waals surface area contributed by atoms with E-state index in [-0.39, 0.29) is 10.8 Å². The van der Waals surface area contributed by atoms with Gasteiger partial charge < -0.3 is 14.5 Å². The summed E-state index contributed by atoms with van der Waals surface area (Å²) in [5, 5.41) is 0. The van der Waals surface area contributed by atoms with E-state index in [2.05, 4.69) is 39.7 Å². The van der Waals surface area contributed by atoms with Gasteiger partial charge in [-0.1, -0.05) is 22.9 Å². The molecular formula is C12H23BrN2O2. The molecule has 0 radical (unpaired) electrons. The van der Waals surface area contributed by atoms with Crippen molar-refractivity contribution in [2.45, 2.75) is 30.6 Å². The minimum atomic E-state index is -0.221. The van der Waals surface area contributed by atoms with Crippen molar-refractivity contribution < 1.29 is 9.53 Å². The molecule has 4 nitrogen and oxygen atoms in total. The van der Waals surface area contributed by atoms with Crippen molar-refractivity contribution in [1.29, 1.82) is 0 Å². The number of carbonyl (C=O) groups excluding carboxylic acids is 1. The lowest BCUT2D eigenvalue weighted by Gasteiger charge is -2.36. The summed E-state index contributed by atoms with van der Waals surface area (Å²) in [6.45, 7) is 6.38. The highest BCUT2D eigenvalue weighted by Gasteiger charge is 2.25. The second-order valence-corrected chi connectivity index (χ2v) is 5.70. The number of methoxy groups -OCH3 is 1. The van der Waals surface area contributed by atoms with E-state index >= 15 is 0 Å². The molecule has 1 saturated heterocycles. The minimum absolute atomic E-state index is 0.192. The van der Waals surface area contributed by atoms with E-state index in [4.69, 9.17) is 4.74 Å².